The molecule has 5 nitrogen and oxygen atoms in total. The minimum atomic E-state index is -0.681. The highest BCUT2D eigenvalue weighted by Gasteiger charge is 2.35. The molecule has 1 aromatic carbocycles. The number of hydrogen-bond donors (Lipinski definition) is 0. The van der Waals surface area contributed by atoms with Crippen LogP contribution in [0.25, 0.3) is 5.57 Å². The molecule has 0 fully saturated rings. The van der Waals surface area contributed by atoms with Gasteiger partial charge in [0.2, 0.25) is 0 Å². The van der Waals surface area contributed by atoms with Crippen molar-refractivity contribution in [3.05, 3.63) is 40.2 Å². The smallest absolute Gasteiger partial charge is 0.410 e. The zero-order chi connectivity index (χ0) is 18.8. The highest BCUT2D eigenvalue weighted by molar-refractivity contribution is 6.32. The van der Waals surface area contributed by atoms with Gasteiger partial charge in [0.1, 0.15) is 11.4 Å². The lowest BCUT2D eigenvalue weighted by atomic mass is 10.0. The number of halogens is 2. The number of nitrogens with zero attached hydrogens (tertiary/aromatic N) is 1. The first-order valence-electron chi connectivity index (χ1n) is 7.95. The van der Waals surface area contributed by atoms with Gasteiger partial charge in [-0.2, -0.15) is 0 Å². The summed E-state index contributed by atoms with van der Waals surface area (Å²) in [5.74, 6) is -1.15. The molecule has 25 heavy (non-hydrogen) atoms. The molecule has 1 aliphatic rings. The Kier molecular flexibility index (Phi) is 5.72. The van der Waals surface area contributed by atoms with E-state index in [2.05, 4.69) is 0 Å². The Morgan fingerprint density at radius 2 is 1.96 bits per heavy atom. The Balaban J connectivity index is 2.39. The van der Waals surface area contributed by atoms with Gasteiger partial charge in [-0.05, 0) is 45.4 Å². The molecule has 0 unspecified atom stereocenters. The van der Waals surface area contributed by atoms with Gasteiger partial charge in [0.25, 0.3) is 0 Å². The van der Waals surface area contributed by atoms with E-state index in [1.165, 1.54) is 23.1 Å². The van der Waals surface area contributed by atoms with Crippen LogP contribution >= 0.6 is 11.6 Å². The Labute approximate surface area is 151 Å². The summed E-state index contributed by atoms with van der Waals surface area (Å²) in [6.45, 7) is 7.08. The van der Waals surface area contributed by atoms with Gasteiger partial charge in [-0.15, -0.1) is 0 Å². The van der Waals surface area contributed by atoms with E-state index in [0.717, 1.165) is 0 Å². The number of rotatable bonds is 3. The highest BCUT2D eigenvalue weighted by atomic mass is 35.5. The van der Waals surface area contributed by atoms with Crippen molar-refractivity contribution in [1.82, 2.24) is 4.90 Å². The van der Waals surface area contributed by atoms with Crippen LogP contribution in [-0.2, 0) is 14.3 Å². The summed E-state index contributed by atoms with van der Waals surface area (Å²) in [7, 11) is 0. The summed E-state index contributed by atoms with van der Waals surface area (Å²) in [6, 6.07) is 4.27. The molecule has 1 aliphatic heterocycles. The molecule has 0 saturated heterocycles. The SMILES string of the molecule is CCOC(=O)C1=C(c2c(F)cccc2Cl)CN(C(=O)OC(C)(C)C)C1. The zero-order valence-corrected chi connectivity index (χ0v) is 15.4. The molecule has 0 saturated carbocycles. The van der Waals surface area contributed by atoms with Gasteiger partial charge in [0.05, 0.1) is 30.3 Å². The molecule has 1 amide bonds. The molecule has 0 aliphatic carbocycles. The molecular weight excluding hydrogens is 349 g/mol. The van der Waals surface area contributed by atoms with Crippen molar-refractivity contribution < 1.29 is 23.5 Å². The molecular formula is C18H21ClFNO4. The number of ether oxygens (including phenoxy) is 2. The fourth-order valence-electron chi connectivity index (χ4n) is 2.51. The van der Waals surface area contributed by atoms with Crippen molar-refractivity contribution in [1.29, 1.82) is 0 Å². The molecule has 0 atom stereocenters. The first kappa shape index (κ1) is 19.2. The molecule has 1 aromatic rings. The molecule has 2 rings (SSSR count). The monoisotopic (exact) mass is 369 g/mol. The molecule has 0 bridgehead atoms. The Hall–Kier alpha value is -2.08. The van der Waals surface area contributed by atoms with Gasteiger partial charge >= 0.3 is 12.1 Å². The maximum Gasteiger partial charge on any atom is 0.410 e. The quantitative estimate of drug-likeness (QED) is 0.754. The van der Waals surface area contributed by atoms with E-state index in [9.17, 15) is 14.0 Å². The lowest BCUT2D eigenvalue weighted by Gasteiger charge is -2.24. The van der Waals surface area contributed by atoms with E-state index in [4.69, 9.17) is 21.1 Å². The minimum Gasteiger partial charge on any atom is -0.463 e. The van der Waals surface area contributed by atoms with E-state index in [1.54, 1.807) is 27.7 Å². The van der Waals surface area contributed by atoms with Gasteiger partial charge in [-0.1, -0.05) is 17.7 Å². The molecule has 7 heteroatoms. The lowest BCUT2D eigenvalue weighted by Crippen LogP contribution is -2.36. The van der Waals surface area contributed by atoms with E-state index in [0.29, 0.717) is 5.57 Å². The van der Waals surface area contributed by atoms with Crippen molar-refractivity contribution >= 4 is 29.2 Å². The van der Waals surface area contributed by atoms with Crippen molar-refractivity contribution in [3.8, 4) is 0 Å². The van der Waals surface area contributed by atoms with Crippen LogP contribution < -0.4 is 0 Å². The summed E-state index contributed by atoms with van der Waals surface area (Å²) in [6.07, 6.45) is -0.586. The summed E-state index contributed by atoms with van der Waals surface area (Å²) in [4.78, 5) is 25.9. The minimum absolute atomic E-state index is 0.0176. The number of carbonyl (C=O) groups excluding carboxylic acids is 2. The second kappa shape index (κ2) is 7.44. The summed E-state index contributed by atoms with van der Waals surface area (Å²) < 4.78 is 24.7. The number of amides is 1. The van der Waals surface area contributed by atoms with Gasteiger partial charge in [-0.3, -0.25) is 4.90 Å². The zero-order valence-electron chi connectivity index (χ0n) is 14.7. The second-order valence-corrected chi connectivity index (χ2v) is 7.02. The van der Waals surface area contributed by atoms with Crippen molar-refractivity contribution in [3.63, 3.8) is 0 Å². The van der Waals surface area contributed by atoms with Crippen LogP contribution in [0.15, 0.2) is 23.8 Å². The molecule has 0 aromatic heterocycles. The van der Waals surface area contributed by atoms with Gasteiger partial charge < -0.3 is 9.47 Å². The summed E-state index contributed by atoms with van der Waals surface area (Å²) in [5, 5.41) is 0.169. The van der Waals surface area contributed by atoms with Crippen molar-refractivity contribution in [2.45, 2.75) is 33.3 Å². The van der Waals surface area contributed by atoms with Crippen LogP contribution in [0.2, 0.25) is 5.02 Å². The van der Waals surface area contributed by atoms with Crippen LogP contribution in [0.3, 0.4) is 0 Å². The Morgan fingerprint density at radius 3 is 2.52 bits per heavy atom. The molecule has 1 heterocycles. The molecule has 136 valence electrons. The third-order valence-corrected chi connectivity index (χ3v) is 3.82. The van der Waals surface area contributed by atoms with Gasteiger partial charge in [0, 0.05) is 5.56 Å². The van der Waals surface area contributed by atoms with E-state index in [-0.39, 0.29) is 35.9 Å². The predicted molar refractivity (Wildman–Crippen MR) is 92.8 cm³/mol. The number of carbonyl (C=O) groups is 2. The topological polar surface area (TPSA) is 55.8 Å². The Bertz CT molecular complexity index is 704. The molecule has 0 N–H and O–H groups in total. The van der Waals surface area contributed by atoms with Crippen LogP contribution in [-0.4, -0.2) is 42.3 Å². The number of hydrogen-bond acceptors (Lipinski definition) is 4. The van der Waals surface area contributed by atoms with Crippen LogP contribution in [0, 0.1) is 5.82 Å². The average Bonchev–Trinajstić information content (AvgIpc) is 2.91. The van der Waals surface area contributed by atoms with Crippen molar-refractivity contribution in [2.75, 3.05) is 19.7 Å². The summed E-state index contributed by atoms with van der Waals surface area (Å²) in [5.41, 5.74) is -0.0232. The van der Waals surface area contributed by atoms with Crippen molar-refractivity contribution in [2.24, 2.45) is 0 Å². The van der Waals surface area contributed by atoms with E-state index >= 15 is 0 Å². The second-order valence-electron chi connectivity index (χ2n) is 6.61. The highest BCUT2D eigenvalue weighted by Crippen LogP contribution is 2.34. The lowest BCUT2D eigenvalue weighted by molar-refractivity contribution is -0.138. The molecule has 0 spiro atoms. The standard InChI is InChI=1S/C18H21ClFNO4/c1-5-24-16(22)12-10-21(17(23)25-18(2,3)4)9-11(12)15-13(19)7-6-8-14(15)20/h6-8H,5,9-10H2,1-4H3. The van der Waals surface area contributed by atoms with Crippen LogP contribution in [0.4, 0.5) is 9.18 Å². The van der Waals surface area contributed by atoms with Gasteiger partial charge in [-0.25, -0.2) is 14.0 Å². The third kappa shape index (κ3) is 4.51. The largest absolute Gasteiger partial charge is 0.463 e. The van der Waals surface area contributed by atoms with Crippen LogP contribution in [0.5, 0.6) is 0 Å². The normalized spacial score (nSPS) is 14.7. The number of esters is 1. The maximum absolute atomic E-state index is 14.3. The first-order chi connectivity index (χ1) is 11.6. The average molecular weight is 370 g/mol. The van der Waals surface area contributed by atoms with Gasteiger partial charge in [0.15, 0.2) is 0 Å². The number of benzene rings is 1. The predicted octanol–water partition coefficient (Wildman–Crippen LogP) is 4.05. The maximum atomic E-state index is 14.3. The fourth-order valence-corrected chi connectivity index (χ4v) is 2.78. The molecule has 0 radical (unpaired) electrons. The first-order valence-corrected chi connectivity index (χ1v) is 8.33. The van der Waals surface area contributed by atoms with E-state index in [1.807, 2.05) is 0 Å². The Morgan fingerprint density at radius 1 is 1.28 bits per heavy atom. The third-order valence-electron chi connectivity index (χ3n) is 3.50. The van der Waals surface area contributed by atoms with E-state index < -0.39 is 23.5 Å². The fraction of sp³-hybridized carbons (Fsp3) is 0.444. The summed E-state index contributed by atoms with van der Waals surface area (Å²) >= 11 is 6.13. The van der Waals surface area contributed by atoms with Crippen LogP contribution in [0.1, 0.15) is 33.3 Å².